The van der Waals surface area contributed by atoms with Gasteiger partial charge in [-0.15, -0.1) is 0 Å². The van der Waals surface area contributed by atoms with Crippen LogP contribution in [0.4, 0.5) is 0 Å². The van der Waals surface area contributed by atoms with Crippen LogP contribution in [-0.4, -0.2) is 29.1 Å². The molecule has 0 saturated heterocycles. The van der Waals surface area contributed by atoms with E-state index in [4.69, 9.17) is 9.47 Å². The van der Waals surface area contributed by atoms with Crippen molar-refractivity contribution >= 4 is 16.8 Å². The van der Waals surface area contributed by atoms with Crippen LogP contribution in [0.15, 0.2) is 60.2 Å². The minimum atomic E-state index is 0.196. The van der Waals surface area contributed by atoms with Gasteiger partial charge in [-0.25, -0.2) is 0 Å². The van der Waals surface area contributed by atoms with Gasteiger partial charge in [-0.2, -0.15) is 0 Å². The Labute approximate surface area is 182 Å². The van der Waals surface area contributed by atoms with Crippen molar-refractivity contribution in [3.63, 3.8) is 0 Å². The summed E-state index contributed by atoms with van der Waals surface area (Å²) in [6.45, 7) is 1.91. The number of aromatic amines is 1. The summed E-state index contributed by atoms with van der Waals surface area (Å²) < 4.78 is 10.2. The number of amides is 1. The summed E-state index contributed by atoms with van der Waals surface area (Å²) in [5.74, 6) is 1.89. The van der Waals surface area contributed by atoms with Crippen molar-refractivity contribution in [2.45, 2.75) is 45.1 Å². The summed E-state index contributed by atoms with van der Waals surface area (Å²) in [5, 5.41) is 1.32. The smallest absolute Gasteiger partial charge is 0.246 e. The minimum absolute atomic E-state index is 0.196. The van der Waals surface area contributed by atoms with Gasteiger partial charge in [0.1, 0.15) is 0 Å². The fraction of sp³-hybridized carbons (Fsp3) is 0.346. The molecule has 1 saturated carbocycles. The van der Waals surface area contributed by atoms with E-state index in [1.165, 1.54) is 47.0 Å². The second-order valence-corrected chi connectivity index (χ2v) is 8.35. The molecular formula is C26H28N2O3. The molecule has 3 heterocycles. The SMILES string of the molecule is O=C(C=C1CCCCC1)N1CCc2c([nH]c3ccccc23)C1.c1ccc2c(c1)OCO2. The maximum absolute atomic E-state index is 12.5. The second kappa shape index (κ2) is 8.88. The van der Waals surface area contributed by atoms with Crippen LogP contribution >= 0.6 is 0 Å². The number of para-hydroxylation sites is 3. The predicted octanol–water partition coefficient (Wildman–Crippen LogP) is 5.36. The van der Waals surface area contributed by atoms with Crippen molar-refractivity contribution in [3.05, 3.63) is 71.4 Å². The highest BCUT2D eigenvalue weighted by molar-refractivity contribution is 5.89. The van der Waals surface area contributed by atoms with Crippen LogP contribution < -0.4 is 9.47 Å². The highest BCUT2D eigenvalue weighted by atomic mass is 16.7. The molecule has 5 heteroatoms. The van der Waals surface area contributed by atoms with Gasteiger partial charge in [0.05, 0.1) is 6.54 Å². The Morgan fingerprint density at radius 2 is 1.61 bits per heavy atom. The quantitative estimate of drug-likeness (QED) is 0.544. The Balaban J connectivity index is 0.000000189. The number of hydrogen-bond donors (Lipinski definition) is 1. The van der Waals surface area contributed by atoms with E-state index in [1.807, 2.05) is 35.2 Å². The van der Waals surface area contributed by atoms with Gasteiger partial charge in [-0.1, -0.05) is 42.3 Å². The lowest BCUT2D eigenvalue weighted by Crippen LogP contribution is -2.35. The van der Waals surface area contributed by atoms with Gasteiger partial charge in [-0.3, -0.25) is 4.79 Å². The van der Waals surface area contributed by atoms with Gasteiger partial charge in [0.15, 0.2) is 11.5 Å². The summed E-state index contributed by atoms with van der Waals surface area (Å²) in [6.07, 6.45) is 8.87. The lowest BCUT2D eigenvalue weighted by atomic mass is 9.94. The zero-order valence-corrected chi connectivity index (χ0v) is 17.7. The van der Waals surface area contributed by atoms with Gasteiger partial charge in [0.2, 0.25) is 12.7 Å². The molecule has 1 N–H and O–H groups in total. The molecule has 6 rings (SSSR count). The van der Waals surface area contributed by atoms with Crippen LogP contribution in [0.2, 0.25) is 0 Å². The van der Waals surface area contributed by atoms with Crippen LogP contribution in [-0.2, 0) is 17.8 Å². The number of ether oxygens (including phenoxy) is 2. The lowest BCUT2D eigenvalue weighted by Gasteiger charge is -2.26. The van der Waals surface area contributed by atoms with Gasteiger partial charge >= 0.3 is 0 Å². The third-order valence-corrected chi connectivity index (χ3v) is 6.30. The number of hydrogen-bond acceptors (Lipinski definition) is 3. The molecule has 2 aromatic carbocycles. The van der Waals surface area contributed by atoms with E-state index in [9.17, 15) is 4.79 Å². The monoisotopic (exact) mass is 416 g/mol. The fourth-order valence-corrected chi connectivity index (χ4v) is 4.64. The first kappa shape index (κ1) is 19.7. The van der Waals surface area contributed by atoms with Gasteiger partial charge in [0, 0.05) is 29.2 Å². The van der Waals surface area contributed by atoms with Crippen molar-refractivity contribution in [2.24, 2.45) is 0 Å². The van der Waals surface area contributed by atoms with E-state index >= 15 is 0 Å². The molecule has 1 aliphatic carbocycles. The Hall–Kier alpha value is -3.21. The summed E-state index contributed by atoms with van der Waals surface area (Å²) in [7, 11) is 0. The third kappa shape index (κ3) is 4.31. The molecule has 2 aliphatic heterocycles. The number of allylic oxidation sites excluding steroid dienone is 1. The van der Waals surface area contributed by atoms with E-state index < -0.39 is 0 Å². The first-order valence-corrected chi connectivity index (χ1v) is 11.2. The number of fused-ring (bicyclic) bond motifs is 4. The van der Waals surface area contributed by atoms with Crippen LogP contribution in [0.25, 0.3) is 10.9 Å². The Bertz CT molecular complexity index is 1080. The second-order valence-electron chi connectivity index (χ2n) is 8.35. The highest BCUT2D eigenvalue weighted by Crippen LogP contribution is 2.30. The number of nitrogens with one attached hydrogen (secondary N) is 1. The number of H-pyrrole nitrogens is 1. The third-order valence-electron chi connectivity index (χ3n) is 6.30. The maximum Gasteiger partial charge on any atom is 0.246 e. The highest BCUT2D eigenvalue weighted by Gasteiger charge is 2.23. The molecule has 31 heavy (non-hydrogen) atoms. The molecule has 160 valence electrons. The number of carbonyl (C=O) groups excluding carboxylic acids is 1. The largest absolute Gasteiger partial charge is 0.454 e. The molecule has 1 fully saturated rings. The molecule has 3 aliphatic rings. The number of benzene rings is 2. The molecule has 1 aromatic heterocycles. The number of rotatable bonds is 1. The van der Waals surface area contributed by atoms with Crippen molar-refractivity contribution in [1.29, 1.82) is 0 Å². The lowest BCUT2D eigenvalue weighted by molar-refractivity contribution is -0.127. The average Bonchev–Trinajstić information content (AvgIpc) is 3.44. The molecular weight excluding hydrogens is 388 g/mol. The first-order chi connectivity index (χ1) is 15.3. The zero-order valence-electron chi connectivity index (χ0n) is 17.7. The first-order valence-electron chi connectivity index (χ1n) is 11.2. The molecule has 5 nitrogen and oxygen atoms in total. The fourth-order valence-electron chi connectivity index (χ4n) is 4.64. The number of carbonyl (C=O) groups is 1. The van der Waals surface area contributed by atoms with E-state index in [0.717, 1.165) is 37.3 Å². The molecule has 3 aromatic rings. The van der Waals surface area contributed by atoms with E-state index in [0.29, 0.717) is 13.3 Å². The van der Waals surface area contributed by atoms with Crippen molar-refractivity contribution in [1.82, 2.24) is 9.88 Å². The molecule has 0 atom stereocenters. The average molecular weight is 417 g/mol. The normalized spacial score (nSPS) is 17.0. The molecule has 0 radical (unpaired) electrons. The Morgan fingerprint density at radius 3 is 2.39 bits per heavy atom. The van der Waals surface area contributed by atoms with Crippen LogP contribution in [0.3, 0.4) is 0 Å². The summed E-state index contributed by atoms with van der Waals surface area (Å²) in [5.41, 5.74) is 5.14. The maximum atomic E-state index is 12.5. The zero-order chi connectivity index (χ0) is 21.0. The summed E-state index contributed by atoms with van der Waals surface area (Å²) in [6, 6.07) is 16.1. The standard InChI is InChI=1S/C19H22N2O.C7H6O2/c22-19(12-14-6-2-1-3-7-14)21-11-10-16-15-8-4-5-9-17(15)20-18(16)13-21;1-2-4-7-6(3-1)8-5-9-7/h4-5,8-9,12,20H,1-3,6-7,10-11,13H2;1-4H,5H2. The van der Waals surface area contributed by atoms with Crippen LogP contribution in [0, 0.1) is 0 Å². The number of aromatic nitrogens is 1. The van der Waals surface area contributed by atoms with Crippen LogP contribution in [0.1, 0.15) is 43.4 Å². The van der Waals surface area contributed by atoms with Crippen molar-refractivity contribution < 1.29 is 14.3 Å². The molecule has 1 amide bonds. The van der Waals surface area contributed by atoms with E-state index in [2.05, 4.69) is 29.2 Å². The van der Waals surface area contributed by atoms with Gasteiger partial charge < -0.3 is 19.4 Å². The molecule has 0 unspecified atom stereocenters. The van der Waals surface area contributed by atoms with Crippen LogP contribution in [0.5, 0.6) is 11.5 Å². The van der Waals surface area contributed by atoms with E-state index in [1.54, 1.807) is 0 Å². The van der Waals surface area contributed by atoms with E-state index in [-0.39, 0.29) is 5.91 Å². The minimum Gasteiger partial charge on any atom is -0.454 e. The Morgan fingerprint density at radius 1 is 0.903 bits per heavy atom. The van der Waals surface area contributed by atoms with Crippen molar-refractivity contribution in [3.8, 4) is 11.5 Å². The summed E-state index contributed by atoms with van der Waals surface area (Å²) >= 11 is 0. The summed E-state index contributed by atoms with van der Waals surface area (Å²) in [4.78, 5) is 18.0. The topological polar surface area (TPSA) is 54.6 Å². The predicted molar refractivity (Wildman–Crippen MR) is 121 cm³/mol. The number of nitrogens with zero attached hydrogens (tertiary/aromatic N) is 1. The Kier molecular flexibility index (Phi) is 5.65. The molecule has 0 bridgehead atoms. The van der Waals surface area contributed by atoms with Gasteiger partial charge in [0.25, 0.3) is 0 Å². The molecule has 0 spiro atoms. The van der Waals surface area contributed by atoms with Gasteiger partial charge in [-0.05, 0) is 55.9 Å². The van der Waals surface area contributed by atoms with Crippen molar-refractivity contribution in [2.75, 3.05) is 13.3 Å².